The van der Waals surface area contributed by atoms with Gasteiger partial charge in [-0.15, -0.1) is 0 Å². The maximum absolute atomic E-state index is 11.4. The molecule has 2 N–H and O–H groups in total. The molecule has 2 aliphatic rings. The van der Waals surface area contributed by atoms with E-state index < -0.39 is 0 Å². The summed E-state index contributed by atoms with van der Waals surface area (Å²) in [5.41, 5.74) is 0. The molecule has 0 radical (unpaired) electrons. The number of hydrogen-bond donors (Lipinski definition) is 2. The first kappa shape index (κ1) is 10.1. The van der Waals surface area contributed by atoms with Gasteiger partial charge in [0.05, 0.1) is 6.04 Å². The third-order valence-corrected chi connectivity index (χ3v) is 3.09. The van der Waals surface area contributed by atoms with Crippen LogP contribution in [0.5, 0.6) is 0 Å². The van der Waals surface area contributed by atoms with Crippen molar-refractivity contribution in [3.05, 3.63) is 0 Å². The lowest BCUT2D eigenvalue weighted by Crippen LogP contribution is -2.45. The van der Waals surface area contributed by atoms with E-state index in [1.165, 1.54) is 0 Å². The second-order valence-electron chi connectivity index (χ2n) is 4.10. The standard InChI is InChI=1S/C10H19N3O/c14-10-1-3-12-9(10)2-6-13-7-4-11-5-8-13/h9,11-12H,1-8H2. The van der Waals surface area contributed by atoms with Crippen molar-refractivity contribution in [2.75, 3.05) is 39.3 Å². The van der Waals surface area contributed by atoms with Crippen molar-refractivity contribution in [2.45, 2.75) is 18.9 Å². The molecule has 1 atom stereocenters. The van der Waals surface area contributed by atoms with Crippen LogP contribution in [0.3, 0.4) is 0 Å². The molecule has 0 aromatic carbocycles. The Labute approximate surface area is 85.0 Å². The molecule has 0 aliphatic carbocycles. The quantitative estimate of drug-likeness (QED) is 0.622. The largest absolute Gasteiger partial charge is 0.314 e. The lowest BCUT2D eigenvalue weighted by atomic mass is 10.1. The number of ketones is 1. The highest BCUT2D eigenvalue weighted by Gasteiger charge is 2.23. The van der Waals surface area contributed by atoms with Crippen molar-refractivity contribution in [1.82, 2.24) is 15.5 Å². The predicted octanol–water partition coefficient (Wildman–Crippen LogP) is -0.787. The monoisotopic (exact) mass is 197 g/mol. The molecule has 0 aromatic rings. The number of hydrogen-bond acceptors (Lipinski definition) is 4. The fourth-order valence-corrected chi connectivity index (χ4v) is 2.17. The number of carbonyl (C=O) groups is 1. The molecule has 80 valence electrons. The molecule has 14 heavy (non-hydrogen) atoms. The number of piperazine rings is 1. The van der Waals surface area contributed by atoms with Crippen molar-refractivity contribution in [3.8, 4) is 0 Å². The zero-order valence-electron chi connectivity index (χ0n) is 8.59. The zero-order chi connectivity index (χ0) is 9.80. The fourth-order valence-electron chi connectivity index (χ4n) is 2.17. The van der Waals surface area contributed by atoms with Crippen LogP contribution in [-0.4, -0.2) is 56.0 Å². The summed E-state index contributed by atoms with van der Waals surface area (Å²) >= 11 is 0. The number of carbonyl (C=O) groups excluding carboxylic acids is 1. The second kappa shape index (κ2) is 4.87. The molecule has 2 heterocycles. The molecule has 2 fully saturated rings. The maximum atomic E-state index is 11.4. The summed E-state index contributed by atoms with van der Waals surface area (Å²) in [5, 5.41) is 6.58. The third kappa shape index (κ3) is 2.53. The van der Waals surface area contributed by atoms with E-state index in [1.807, 2.05) is 0 Å². The molecule has 4 heteroatoms. The summed E-state index contributed by atoms with van der Waals surface area (Å²) in [7, 11) is 0. The van der Waals surface area contributed by atoms with Crippen molar-refractivity contribution >= 4 is 5.78 Å². The summed E-state index contributed by atoms with van der Waals surface area (Å²) in [5.74, 6) is 0.403. The minimum Gasteiger partial charge on any atom is -0.314 e. The number of Topliss-reactive ketones (excluding diaryl/α,β-unsaturated/α-hetero) is 1. The molecule has 2 aliphatic heterocycles. The van der Waals surface area contributed by atoms with E-state index in [0.29, 0.717) is 5.78 Å². The molecule has 2 rings (SSSR count). The highest BCUT2D eigenvalue weighted by Crippen LogP contribution is 2.06. The van der Waals surface area contributed by atoms with Crippen LogP contribution in [0.15, 0.2) is 0 Å². The van der Waals surface area contributed by atoms with Crippen molar-refractivity contribution < 1.29 is 4.79 Å². The van der Waals surface area contributed by atoms with Crippen LogP contribution in [0.1, 0.15) is 12.8 Å². The Kier molecular flexibility index (Phi) is 3.50. The lowest BCUT2D eigenvalue weighted by molar-refractivity contribution is -0.118. The second-order valence-corrected chi connectivity index (χ2v) is 4.10. The maximum Gasteiger partial charge on any atom is 0.151 e. The van der Waals surface area contributed by atoms with Gasteiger partial charge in [0.2, 0.25) is 0 Å². The molecule has 0 spiro atoms. The number of nitrogens with one attached hydrogen (secondary N) is 2. The smallest absolute Gasteiger partial charge is 0.151 e. The van der Waals surface area contributed by atoms with Crippen LogP contribution in [0.2, 0.25) is 0 Å². The zero-order valence-corrected chi connectivity index (χ0v) is 8.59. The van der Waals surface area contributed by atoms with Gasteiger partial charge in [-0.2, -0.15) is 0 Å². The third-order valence-electron chi connectivity index (χ3n) is 3.09. The Hall–Kier alpha value is -0.450. The van der Waals surface area contributed by atoms with Crippen LogP contribution in [0.4, 0.5) is 0 Å². The van der Waals surface area contributed by atoms with Crippen LogP contribution < -0.4 is 10.6 Å². The van der Waals surface area contributed by atoms with Gasteiger partial charge in [-0.05, 0) is 6.42 Å². The van der Waals surface area contributed by atoms with Crippen molar-refractivity contribution in [1.29, 1.82) is 0 Å². The van der Waals surface area contributed by atoms with Gasteiger partial charge in [-0.3, -0.25) is 4.79 Å². The van der Waals surface area contributed by atoms with E-state index in [9.17, 15) is 4.79 Å². The fraction of sp³-hybridized carbons (Fsp3) is 0.900. The Bertz CT molecular complexity index is 202. The van der Waals surface area contributed by atoms with Gasteiger partial charge in [0.25, 0.3) is 0 Å². The summed E-state index contributed by atoms with van der Waals surface area (Å²) < 4.78 is 0. The molecule has 0 aromatic heterocycles. The van der Waals surface area contributed by atoms with Gasteiger partial charge in [0.15, 0.2) is 5.78 Å². The van der Waals surface area contributed by atoms with E-state index >= 15 is 0 Å². The summed E-state index contributed by atoms with van der Waals surface area (Å²) in [6.07, 6.45) is 1.71. The van der Waals surface area contributed by atoms with E-state index in [0.717, 1.165) is 52.1 Å². The first-order chi connectivity index (χ1) is 6.86. The van der Waals surface area contributed by atoms with Gasteiger partial charge < -0.3 is 15.5 Å². The molecule has 1 unspecified atom stereocenters. The van der Waals surface area contributed by atoms with Gasteiger partial charge in [0.1, 0.15) is 0 Å². The highest BCUT2D eigenvalue weighted by atomic mass is 16.1. The minimum atomic E-state index is 0.143. The lowest BCUT2D eigenvalue weighted by Gasteiger charge is -2.27. The van der Waals surface area contributed by atoms with Crippen LogP contribution in [0, 0.1) is 0 Å². The molecule has 0 amide bonds. The van der Waals surface area contributed by atoms with Gasteiger partial charge in [-0.1, -0.05) is 0 Å². The topological polar surface area (TPSA) is 44.4 Å². The molecule has 4 nitrogen and oxygen atoms in total. The molecular weight excluding hydrogens is 178 g/mol. The Morgan fingerprint density at radius 1 is 1.29 bits per heavy atom. The Morgan fingerprint density at radius 3 is 2.71 bits per heavy atom. The van der Waals surface area contributed by atoms with Gasteiger partial charge >= 0.3 is 0 Å². The van der Waals surface area contributed by atoms with Crippen LogP contribution >= 0.6 is 0 Å². The van der Waals surface area contributed by atoms with Crippen molar-refractivity contribution in [3.63, 3.8) is 0 Å². The summed E-state index contributed by atoms with van der Waals surface area (Å²) in [4.78, 5) is 13.8. The molecule has 0 saturated carbocycles. The first-order valence-corrected chi connectivity index (χ1v) is 5.55. The number of nitrogens with zero attached hydrogens (tertiary/aromatic N) is 1. The first-order valence-electron chi connectivity index (χ1n) is 5.55. The summed E-state index contributed by atoms with van der Waals surface area (Å²) in [6, 6.07) is 0.143. The number of rotatable bonds is 3. The van der Waals surface area contributed by atoms with E-state index in [1.54, 1.807) is 0 Å². The van der Waals surface area contributed by atoms with Crippen LogP contribution in [-0.2, 0) is 4.79 Å². The minimum absolute atomic E-state index is 0.143. The Balaban J connectivity index is 1.68. The van der Waals surface area contributed by atoms with E-state index in [-0.39, 0.29) is 6.04 Å². The van der Waals surface area contributed by atoms with Gasteiger partial charge in [0, 0.05) is 45.7 Å². The van der Waals surface area contributed by atoms with E-state index in [2.05, 4.69) is 15.5 Å². The van der Waals surface area contributed by atoms with Gasteiger partial charge in [-0.25, -0.2) is 0 Å². The highest BCUT2D eigenvalue weighted by molar-refractivity contribution is 5.86. The average Bonchev–Trinajstić information content (AvgIpc) is 2.63. The summed E-state index contributed by atoms with van der Waals surface area (Å²) in [6.45, 7) is 6.37. The van der Waals surface area contributed by atoms with Crippen molar-refractivity contribution in [2.24, 2.45) is 0 Å². The van der Waals surface area contributed by atoms with E-state index in [4.69, 9.17) is 0 Å². The molecule has 2 saturated heterocycles. The predicted molar refractivity (Wildman–Crippen MR) is 55.3 cm³/mol. The normalized spacial score (nSPS) is 29.7. The average molecular weight is 197 g/mol. The molecular formula is C10H19N3O. The van der Waals surface area contributed by atoms with Crippen LogP contribution in [0.25, 0.3) is 0 Å². The Morgan fingerprint density at radius 2 is 2.07 bits per heavy atom. The molecule has 0 bridgehead atoms. The SMILES string of the molecule is O=C1CCNC1CCN1CCNCC1.